The van der Waals surface area contributed by atoms with Crippen molar-refractivity contribution in [3.8, 4) is 0 Å². The summed E-state index contributed by atoms with van der Waals surface area (Å²) in [4.78, 5) is 43.2. The van der Waals surface area contributed by atoms with Crippen LogP contribution >= 0.6 is 0 Å². The molecule has 0 bridgehead atoms. The lowest BCUT2D eigenvalue weighted by Gasteiger charge is -2.49. The first-order chi connectivity index (χ1) is 12.6. The summed E-state index contributed by atoms with van der Waals surface area (Å²) in [7, 11) is 0. The Morgan fingerprint density at radius 3 is 2.62 bits per heavy atom. The fourth-order valence-electron chi connectivity index (χ4n) is 5.03. The minimum absolute atomic E-state index is 0.0235. The van der Waals surface area contributed by atoms with E-state index >= 15 is 0 Å². The Morgan fingerprint density at radius 1 is 1.08 bits per heavy atom. The number of aromatic nitrogens is 1. The highest BCUT2D eigenvalue weighted by atomic mass is 16.2. The fraction of sp³-hybridized carbons (Fsp3) is 0.650. The predicted molar refractivity (Wildman–Crippen MR) is 97.8 cm³/mol. The van der Waals surface area contributed by atoms with Crippen molar-refractivity contribution in [1.29, 1.82) is 0 Å². The molecule has 4 rings (SSSR count). The van der Waals surface area contributed by atoms with E-state index in [2.05, 4.69) is 9.88 Å². The summed E-state index contributed by atoms with van der Waals surface area (Å²) >= 11 is 0. The van der Waals surface area contributed by atoms with E-state index in [0.29, 0.717) is 30.5 Å². The van der Waals surface area contributed by atoms with E-state index in [1.165, 1.54) is 25.1 Å². The van der Waals surface area contributed by atoms with E-state index < -0.39 is 0 Å². The summed E-state index contributed by atoms with van der Waals surface area (Å²) in [6.07, 6.45) is 9.74. The molecule has 6 nitrogen and oxygen atoms in total. The second-order valence-electron chi connectivity index (χ2n) is 8.23. The molecule has 3 heterocycles. The third kappa shape index (κ3) is 3.29. The molecule has 3 aliphatic rings. The molecule has 1 N–H and O–H groups in total. The summed E-state index contributed by atoms with van der Waals surface area (Å²) in [5, 5.41) is 0. The van der Waals surface area contributed by atoms with E-state index in [1.54, 1.807) is 6.07 Å². The van der Waals surface area contributed by atoms with Gasteiger partial charge in [-0.05, 0) is 38.2 Å². The van der Waals surface area contributed by atoms with E-state index in [9.17, 15) is 14.4 Å². The quantitative estimate of drug-likeness (QED) is 0.881. The van der Waals surface area contributed by atoms with Gasteiger partial charge in [0.1, 0.15) is 0 Å². The van der Waals surface area contributed by atoms with E-state index in [0.717, 1.165) is 45.2 Å². The number of likely N-dealkylation sites (tertiary alicyclic amines) is 2. The van der Waals surface area contributed by atoms with Crippen LogP contribution in [0.5, 0.6) is 0 Å². The van der Waals surface area contributed by atoms with E-state index in [4.69, 9.17) is 0 Å². The summed E-state index contributed by atoms with van der Waals surface area (Å²) in [5.74, 6) is 0.274. The van der Waals surface area contributed by atoms with Crippen molar-refractivity contribution in [2.45, 2.75) is 57.4 Å². The van der Waals surface area contributed by atoms with Gasteiger partial charge in [-0.25, -0.2) is 0 Å². The Bertz CT molecular complexity index is 732. The maximum absolute atomic E-state index is 12.9. The molecule has 1 spiro atoms. The van der Waals surface area contributed by atoms with Crippen molar-refractivity contribution in [2.75, 3.05) is 19.6 Å². The molecule has 1 unspecified atom stereocenters. The number of nitrogens with one attached hydrogen (secondary N) is 1. The number of nitrogens with zero attached hydrogens (tertiary/aromatic N) is 2. The Morgan fingerprint density at radius 2 is 1.88 bits per heavy atom. The molecule has 2 saturated heterocycles. The first kappa shape index (κ1) is 17.3. The number of H-pyrrole nitrogens is 1. The molecule has 1 aromatic rings. The summed E-state index contributed by atoms with van der Waals surface area (Å²) in [6, 6.07) is 3.40. The Hall–Kier alpha value is -2.11. The monoisotopic (exact) mass is 357 g/mol. The van der Waals surface area contributed by atoms with Crippen LogP contribution in [-0.4, -0.2) is 52.3 Å². The first-order valence-corrected chi connectivity index (χ1v) is 9.84. The smallest absolute Gasteiger partial charge is 0.255 e. The van der Waals surface area contributed by atoms with Gasteiger partial charge in [-0.1, -0.05) is 12.8 Å². The molecule has 3 fully saturated rings. The number of carbonyl (C=O) groups is 2. The molecule has 6 heteroatoms. The van der Waals surface area contributed by atoms with Crippen LogP contribution in [0.4, 0.5) is 0 Å². The first-order valence-electron chi connectivity index (χ1n) is 9.84. The predicted octanol–water partition coefficient (Wildman–Crippen LogP) is 2.16. The van der Waals surface area contributed by atoms with Crippen LogP contribution in [0.15, 0.2) is 23.1 Å². The van der Waals surface area contributed by atoms with Crippen LogP contribution in [0, 0.1) is 5.41 Å². The SMILES string of the molecule is O=C(c1ccc(=O)[nH]c1)N1CCCC2(CCC(=O)N(C3CCCC3)C2)C1. The number of rotatable bonds is 2. The standard InChI is InChI=1S/C20H27N3O3/c24-17-7-6-15(12-21-17)19(26)22-11-3-9-20(13-22)10-8-18(25)23(14-20)16-4-1-2-5-16/h6-7,12,16H,1-5,8-11,13-14H2,(H,21,24). The summed E-state index contributed by atoms with van der Waals surface area (Å²) < 4.78 is 0. The molecule has 1 atom stereocenters. The number of hydrogen-bond donors (Lipinski definition) is 1. The van der Waals surface area contributed by atoms with Crippen LogP contribution < -0.4 is 5.56 Å². The van der Waals surface area contributed by atoms with E-state index in [-0.39, 0.29) is 16.9 Å². The highest BCUT2D eigenvalue weighted by Gasteiger charge is 2.44. The zero-order valence-corrected chi connectivity index (χ0v) is 15.2. The van der Waals surface area contributed by atoms with Crippen LogP contribution in [0.3, 0.4) is 0 Å². The number of amides is 2. The molecular formula is C20H27N3O3. The van der Waals surface area contributed by atoms with Crippen LogP contribution in [0.2, 0.25) is 0 Å². The zero-order chi connectivity index (χ0) is 18.1. The van der Waals surface area contributed by atoms with Crippen molar-refractivity contribution >= 4 is 11.8 Å². The van der Waals surface area contributed by atoms with Crippen molar-refractivity contribution in [1.82, 2.24) is 14.8 Å². The number of hydrogen-bond acceptors (Lipinski definition) is 3. The normalized spacial score (nSPS) is 27.3. The lowest BCUT2D eigenvalue weighted by Crippen LogP contribution is -2.56. The average Bonchev–Trinajstić information content (AvgIpc) is 3.19. The average molecular weight is 357 g/mol. The number of pyridine rings is 1. The Labute approximate surface area is 153 Å². The fourth-order valence-corrected chi connectivity index (χ4v) is 5.03. The molecule has 1 aliphatic carbocycles. The second-order valence-corrected chi connectivity index (χ2v) is 8.23. The van der Waals surface area contributed by atoms with Gasteiger partial charge in [0.05, 0.1) is 5.56 Å². The van der Waals surface area contributed by atoms with Gasteiger partial charge in [0.25, 0.3) is 5.91 Å². The topological polar surface area (TPSA) is 73.5 Å². The molecule has 26 heavy (non-hydrogen) atoms. The molecule has 0 radical (unpaired) electrons. The van der Waals surface area contributed by atoms with Crippen LogP contribution in [-0.2, 0) is 4.79 Å². The van der Waals surface area contributed by atoms with Gasteiger partial charge >= 0.3 is 0 Å². The second kappa shape index (κ2) is 6.89. The zero-order valence-electron chi connectivity index (χ0n) is 15.2. The number of piperidine rings is 2. The molecule has 2 aliphatic heterocycles. The number of carbonyl (C=O) groups excluding carboxylic acids is 2. The maximum atomic E-state index is 12.9. The third-order valence-electron chi connectivity index (χ3n) is 6.44. The third-order valence-corrected chi connectivity index (χ3v) is 6.44. The Kier molecular flexibility index (Phi) is 4.59. The molecule has 1 aromatic heterocycles. The largest absolute Gasteiger partial charge is 0.339 e. The molecule has 1 saturated carbocycles. The van der Waals surface area contributed by atoms with Crippen molar-refractivity contribution in [3.63, 3.8) is 0 Å². The van der Waals surface area contributed by atoms with Crippen LogP contribution in [0.25, 0.3) is 0 Å². The van der Waals surface area contributed by atoms with Gasteiger partial charge in [-0.15, -0.1) is 0 Å². The highest BCUT2D eigenvalue weighted by Crippen LogP contribution is 2.41. The summed E-state index contributed by atoms with van der Waals surface area (Å²) in [5.41, 5.74) is 0.364. The Balaban J connectivity index is 1.50. The van der Waals surface area contributed by atoms with Gasteiger partial charge in [0.15, 0.2) is 0 Å². The van der Waals surface area contributed by atoms with Crippen molar-refractivity contribution in [3.05, 3.63) is 34.2 Å². The molecule has 140 valence electrons. The van der Waals surface area contributed by atoms with Gasteiger partial charge in [0.2, 0.25) is 11.5 Å². The lowest BCUT2D eigenvalue weighted by molar-refractivity contribution is -0.142. The highest BCUT2D eigenvalue weighted by molar-refractivity contribution is 5.94. The van der Waals surface area contributed by atoms with Crippen molar-refractivity contribution in [2.24, 2.45) is 5.41 Å². The van der Waals surface area contributed by atoms with Gasteiger partial charge < -0.3 is 14.8 Å². The molecule has 0 aromatic carbocycles. The number of aromatic amines is 1. The lowest BCUT2D eigenvalue weighted by atomic mass is 9.73. The van der Waals surface area contributed by atoms with E-state index in [1.807, 2.05) is 4.90 Å². The van der Waals surface area contributed by atoms with Crippen LogP contribution in [0.1, 0.15) is 61.7 Å². The summed E-state index contributed by atoms with van der Waals surface area (Å²) in [6.45, 7) is 2.25. The van der Waals surface area contributed by atoms with Crippen molar-refractivity contribution < 1.29 is 9.59 Å². The molecule has 2 amide bonds. The van der Waals surface area contributed by atoms with Gasteiger partial charge in [-0.2, -0.15) is 0 Å². The minimum atomic E-state index is -0.199. The van der Waals surface area contributed by atoms with Gasteiger partial charge in [-0.3, -0.25) is 14.4 Å². The maximum Gasteiger partial charge on any atom is 0.255 e. The van der Waals surface area contributed by atoms with Gasteiger partial charge in [0, 0.05) is 49.8 Å². The minimum Gasteiger partial charge on any atom is -0.339 e. The molecular weight excluding hydrogens is 330 g/mol.